The average Bonchev–Trinajstić information content (AvgIpc) is 2.20. The Morgan fingerprint density at radius 2 is 1.61 bits per heavy atom. The van der Waals surface area contributed by atoms with Crippen molar-refractivity contribution in [2.45, 2.75) is 60.0 Å². The largest absolute Gasteiger partial charge is 0.453 e. The maximum absolute atomic E-state index is 11.8. The van der Waals surface area contributed by atoms with Gasteiger partial charge in [-0.05, 0) is 40.2 Å². The molecule has 4 nitrogen and oxygen atoms in total. The van der Waals surface area contributed by atoms with Gasteiger partial charge in [0.2, 0.25) is 0 Å². The van der Waals surface area contributed by atoms with Crippen molar-refractivity contribution >= 4 is 6.09 Å². The summed E-state index contributed by atoms with van der Waals surface area (Å²) in [6.07, 6.45) is -0.282. The number of nitrogens with zero attached hydrogens (tertiary/aromatic N) is 2. The monoisotopic (exact) mass is 258 g/mol. The Labute approximate surface area is 112 Å². The second kappa shape index (κ2) is 5.91. The highest BCUT2D eigenvalue weighted by Crippen LogP contribution is 2.24. The highest BCUT2D eigenvalue weighted by molar-refractivity contribution is 5.68. The topological polar surface area (TPSA) is 32.8 Å². The molecule has 0 bridgehead atoms. The van der Waals surface area contributed by atoms with Crippen LogP contribution < -0.4 is 0 Å². The normalized spacial score (nSPS) is 14.6. The van der Waals surface area contributed by atoms with Crippen molar-refractivity contribution in [3.63, 3.8) is 0 Å². The predicted molar refractivity (Wildman–Crippen MR) is 75.5 cm³/mol. The molecule has 0 N–H and O–H groups in total. The fraction of sp³-hybridized carbons (Fsp3) is 0.929. The molecule has 0 heterocycles. The van der Waals surface area contributed by atoms with Crippen molar-refractivity contribution in [2.24, 2.45) is 5.41 Å². The average molecular weight is 258 g/mol. The predicted octanol–water partition coefficient (Wildman–Crippen LogP) is 3.18. The standard InChI is InChI=1S/C14H30N2O2/c1-11(13(2,3)4)15(8)10-16(12(17)18-9)14(5,6)7/h11H,10H2,1-9H3. The van der Waals surface area contributed by atoms with Crippen molar-refractivity contribution in [2.75, 3.05) is 20.8 Å². The van der Waals surface area contributed by atoms with E-state index in [1.54, 1.807) is 4.90 Å². The Bertz CT molecular complexity index is 276. The summed E-state index contributed by atoms with van der Waals surface area (Å²) >= 11 is 0. The molecular weight excluding hydrogens is 228 g/mol. The molecule has 0 saturated carbocycles. The zero-order chi connectivity index (χ0) is 14.7. The molecule has 0 saturated heterocycles. The van der Waals surface area contributed by atoms with Crippen molar-refractivity contribution < 1.29 is 9.53 Å². The third-order valence-electron chi connectivity index (χ3n) is 3.48. The lowest BCUT2D eigenvalue weighted by Gasteiger charge is -2.42. The number of rotatable bonds is 3. The number of carbonyl (C=O) groups excluding carboxylic acids is 1. The van der Waals surface area contributed by atoms with Crippen LogP contribution in [0.5, 0.6) is 0 Å². The Balaban J connectivity index is 4.86. The molecule has 0 spiro atoms. The minimum absolute atomic E-state index is 0.175. The second-order valence-electron chi connectivity index (χ2n) is 7.01. The molecular formula is C14H30N2O2. The Hall–Kier alpha value is -0.770. The molecule has 0 fully saturated rings. The maximum atomic E-state index is 11.8. The first kappa shape index (κ1) is 17.2. The number of carbonyl (C=O) groups is 1. The number of amides is 1. The van der Waals surface area contributed by atoms with E-state index in [-0.39, 0.29) is 17.0 Å². The van der Waals surface area contributed by atoms with Gasteiger partial charge in [0.1, 0.15) is 0 Å². The van der Waals surface area contributed by atoms with Crippen LogP contribution in [0.15, 0.2) is 0 Å². The second-order valence-corrected chi connectivity index (χ2v) is 7.01. The van der Waals surface area contributed by atoms with Gasteiger partial charge in [0.05, 0.1) is 13.8 Å². The fourth-order valence-corrected chi connectivity index (χ4v) is 1.66. The summed E-state index contributed by atoms with van der Waals surface area (Å²) in [5.41, 5.74) is -0.0760. The third kappa shape index (κ3) is 4.84. The molecule has 0 aliphatic rings. The highest BCUT2D eigenvalue weighted by Gasteiger charge is 2.31. The molecule has 1 amide bonds. The van der Waals surface area contributed by atoms with Gasteiger partial charge in [-0.2, -0.15) is 0 Å². The van der Waals surface area contributed by atoms with Gasteiger partial charge in [0, 0.05) is 11.6 Å². The van der Waals surface area contributed by atoms with Crippen LogP contribution in [0.25, 0.3) is 0 Å². The summed E-state index contributed by atoms with van der Waals surface area (Å²) in [4.78, 5) is 15.8. The third-order valence-corrected chi connectivity index (χ3v) is 3.48. The molecule has 0 aromatic carbocycles. The lowest BCUT2D eigenvalue weighted by molar-refractivity contribution is 0.0228. The molecule has 0 radical (unpaired) electrons. The summed E-state index contributed by atoms with van der Waals surface area (Å²) in [5, 5.41) is 0. The number of hydrogen-bond donors (Lipinski definition) is 0. The summed E-state index contributed by atoms with van der Waals surface area (Å²) in [6, 6.07) is 0.368. The summed E-state index contributed by atoms with van der Waals surface area (Å²) in [6.45, 7) is 15.4. The minimum atomic E-state index is -0.282. The Kier molecular flexibility index (Phi) is 5.66. The number of hydrogen-bond acceptors (Lipinski definition) is 3. The number of ether oxygens (including phenoxy) is 1. The van der Waals surface area contributed by atoms with Crippen LogP contribution in [0.4, 0.5) is 4.79 Å². The van der Waals surface area contributed by atoms with Gasteiger partial charge in [-0.25, -0.2) is 4.79 Å². The maximum Gasteiger partial charge on any atom is 0.410 e. The van der Waals surface area contributed by atoms with Crippen molar-refractivity contribution in [3.05, 3.63) is 0 Å². The van der Waals surface area contributed by atoms with E-state index in [4.69, 9.17) is 4.74 Å². The first-order valence-electron chi connectivity index (χ1n) is 6.47. The van der Waals surface area contributed by atoms with Crippen molar-refractivity contribution in [3.8, 4) is 0 Å². The first-order chi connectivity index (χ1) is 7.91. The van der Waals surface area contributed by atoms with Crippen LogP contribution in [0, 0.1) is 5.41 Å². The Morgan fingerprint density at radius 3 is 1.89 bits per heavy atom. The zero-order valence-electron chi connectivity index (χ0n) is 13.5. The smallest absolute Gasteiger partial charge is 0.410 e. The highest BCUT2D eigenvalue weighted by atomic mass is 16.5. The summed E-state index contributed by atoms with van der Waals surface area (Å²) in [7, 11) is 3.46. The van der Waals surface area contributed by atoms with E-state index in [9.17, 15) is 4.79 Å². The van der Waals surface area contributed by atoms with Gasteiger partial charge in [-0.15, -0.1) is 0 Å². The molecule has 0 aromatic heterocycles. The first-order valence-corrected chi connectivity index (χ1v) is 6.47. The lowest BCUT2D eigenvalue weighted by atomic mass is 9.87. The fourth-order valence-electron chi connectivity index (χ4n) is 1.66. The van der Waals surface area contributed by atoms with Gasteiger partial charge >= 0.3 is 6.09 Å². The molecule has 0 aliphatic carbocycles. The van der Waals surface area contributed by atoms with E-state index in [2.05, 4.69) is 32.6 Å². The molecule has 18 heavy (non-hydrogen) atoms. The van der Waals surface area contributed by atoms with Crippen LogP contribution in [-0.4, -0.2) is 48.3 Å². The van der Waals surface area contributed by atoms with E-state index >= 15 is 0 Å². The quantitative estimate of drug-likeness (QED) is 0.729. The van der Waals surface area contributed by atoms with Crippen LogP contribution in [0.3, 0.4) is 0 Å². The van der Waals surface area contributed by atoms with E-state index in [1.165, 1.54) is 7.11 Å². The summed E-state index contributed by atoms with van der Waals surface area (Å²) < 4.78 is 4.87. The molecule has 0 rings (SSSR count). The van der Waals surface area contributed by atoms with E-state index in [0.717, 1.165) is 0 Å². The SMILES string of the molecule is COC(=O)N(CN(C)C(C)C(C)(C)C)C(C)(C)C. The molecule has 0 aromatic rings. The van der Waals surface area contributed by atoms with E-state index in [1.807, 2.05) is 27.8 Å². The van der Waals surface area contributed by atoms with E-state index < -0.39 is 0 Å². The van der Waals surface area contributed by atoms with Gasteiger partial charge in [0.15, 0.2) is 0 Å². The van der Waals surface area contributed by atoms with Gasteiger partial charge < -0.3 is 4.74 Å². The van der Waals surface area contributed by atoms with E-state index in [0.29, 0.717) is 12.7 Å². The summed E-state index contributed by atoms with van der Waals surface area (Å²) in [5.74, 6) is 0. The molecule has 4 heteroatoms. The van der Waals surface area contributed by atoms with Crippen molar-refractivity contribution in [1.29, 1.82) is 0 Å². The zero-order valence-corrected chi connectivity index (χ0v) is 13.5. The molecule has 0 aliphatic heterocycles. The van der Waals surface area contributed by atoms with Crippen LogP contribution in [-0.2, 0) is 4.74 Å². The molecule has 1 unspecified atom stereocenters. The minimum Gasteiger partial charge on any atom is -0.453 e. The van der Waals surface area contributed by atoms with Crippen LogP contribution in [0.2, 0.25) is 0 Å². The van der Waals surface area contributed by atoms with Crippen LogP contribution in [0.1, 0.15) is 48.5 Å². The van der Waals surface area contributed by atoms with Gasteiger partial charge in [-0.3, -0.25) is 9.80 Å². The van der Waals surface area contributed by atoms with Gasteiger partial charge in [-0.1, -0.05) is 20.8 Å². The molecule has 1 atom stereocenters. The van der Waals surface area contributed by atoms with Crippen LogP contribution >= 0.6 is 0 Å². The van der Waals surface area contributed by atoms with Gasteiger partial charge in [0.25, 0.3) is 0 Å². The lowest BCUT2D eigenvalue weighted by Crippen LogP contribution is -2.53. The molecule has 108 valence electrons. The Morgan fingerprint density at radius 1 is 1.17 bits per heavy atom. The number of methoxy groups -OCH3 is 1. The van der Waals surface area contributed by atoms with Crippen molar-refractivity contribution in [1.82, 2.24) is 9.80 Å².